The lowest BCUT2D eigenvalue weighted by molar-refractivity contribution is -0.0523. The quantitative estimate of drug-likeness (QED) is 0.345. The summed E-state index contributed by atoms with van der Waals surface area (Å²) in [5.74, 6) is -0.380. The minimum atomic E-state index is -3.08. The van der Waals surface area contributed by atoms with Crippen LogP contribution in [0.15, 0.2) is 48.0 Å². The Morgan fingerprint density at radius 3 is 2.50 bits per heavy atom. The number of nitrogens with zero attached hydrogens (tertiary/aromatic N) is 3. The van der Waals surface area contributed by atoms with Crippen molar-refractivity contribution in [2.24, 2.45) is 0 Å². The van der Waals surface area contributed by atoms with Crippen LogP contribution in [0.2, 0.25) is 0 Å². The molecule has 0 aliphatic heterocycles. The molecule has 2 N–H and O–H groups in total. The molecule has 0 atom stereocenters. The number of rotatable bonds is 8. The maximum Gasteiger partial charge on any atom is 0.388 e. The van der Waals surface area contributed by atoms with Gasteiger partial charge in [0, 0.05) is 35.0 Å². The van der Waals surface area contributed by atoms with Gasteiger partial charge in [0.1, 0.15) is 5.69 Å². The first-order chi connectivity index (χ1) is 18.2. The van der Waals surface area contributed by atoms with Crippen molar-refractivity contribution in [1.29, 1.82) is 0 Å². The summed E-state index contributed by atoms with van der Waals surface area (Å²) in [6.45, 7) is 2.69. The number of hydrogen-bond donors (Lipinski definition) is 2. The van der Waals surface area contributed by atoms with E-state index in [4.69, 9.17) is 0 Å². The van der Waals surface area contributed by atoms with Crippen LogP contribution in [0.4, 0.5) is 25.0 Å². The molecule has 38 heavy (non-hydrogen) atoms. The number of hydrogen-bond acceptors (Lipinski definition) is 6. The molecule has 1 fully saturated rings. The molecule has 1 aromatic carbocycles. The van der Waals surface area contributed by atoms with Gasteiger partial charge >= 0.3 is 12.6 Å². The summed E-state index contributed by atoms with van der Waals surface area (Å²) in [5, 5.41) is 7.98. The Bertz CT molecular complexity index is 1250. The van der Waals surface area contributed by atoms with Gasteiger partial charge in [-0.2, -0.15) is 8.78 Å². The first kappa shape index (κ1) is 27.4. The minimum Gasteiger partial charge on any atom is -0.415 e. The molecule has 3 amide bonds. The molecule has 2 aromatic heterocycles. The lowest BCUT2D eigenvalue weighted by Gasteiger charge is -2.38. The van der Waals surface area contributed by atoms with Crippen LogP contribution in [0.3, 0.4) is 0 Å². The molecule has 0 spiro atoms. The highest BCUT2D eigenvalue weighted by atomic mass is 32.1. The monoisotopic (exact) mass is 543 g/mol. The van der Waals surface area contributed by atoms with Gasteiger partial charge in [0.05, 0.1) is 0 Å². The number of thiazole rings is 1. The Morgan fingerprint density at radius 2 is 1.84 bits per heavy atom. The van der Waals surface area contributed by atoms with Gasteiger partial charge in [-0.3, -0.25) is 9.69 Å². The Kier molecular flexibility index (Phi) is 8.88. The van der Waals surface area contributed by atoms with E-state index in [-0.39, 0.29) is 35.5 Å². The normalized spacial score (nSPS) is 17.3. The summed E-state index contributed by atoms with van der Waals surface area (Å²) in [4.78, 5) is 36.1. The Balaban J connectivity index is 1.57. The SMILES string of the molecule is Cc1ccc(NC(=O)N(c2ccccc2C(C)C)C2CCC(NC(=O)c3nccs3)CC2)c(OC(F)F)n1. The highest BCUT2D eigenvalue weighted by Crippen LogP contribution is 2.34. The minimum absolute atomic E-state index is 0.0275. The molecule has 3 aromatic rings. The zero-order chi connectivity index (χ0) is 27.2. The number of halogens is 2. The van der Waals surface area contributed by atoms with Crippen molar-refractivity contribution in [3.8, 4) is 5.88 Å². The number of alkyl halides is 2. The molecule has 8 nitrogen and oxygen atoms in total. The predicted molar refractivity (Wildman–Crippen MR) is 143 cm³/mol. The van der Waals surface area contributed by atoms with Gasteiger partial charge in [0.15, 0.2) is 5.01 Å². The number of aromatic nitrogens is 2. The number of ether oxygens (including phenoxy) is 1. The predicted octanol–water partition coefficient (Wildman–Crippen LogP) is 6.35. The topological polar surface area (TPSA) is 96.5 Å². The molecular formula is C27H31F2N5O3S. The van der Waals surface area contributed by atoms with Gasteiger partial charge in [-0.1, -0.05) is 32.0 Å². The third-order valence-electron chi connectivity index (χ3n) is 6.50. The smallest absolute Gasteiger partial charge is 0.388 e. The van der Waals surface area contributed by atoms with Crippen molar-refractivity contribution < 1.29 is 23.1 Å². The summed E-state index contributed by atoms with van der Waals surface area (Å²) in [7, 11) is 0. The van der Waals surface area contributed by atoms with E-state index in [1.165, 1.54) is 17.4 Å². The van der Waals surface area contributed by atoms with Gasteiger partial charge in [-0.05, 0) is 62.3 Å². The number of amides is 3. The number of aryl methyl sites for hydroxylation is 1. The van der Waals surface area contributed by atoms with E-state index in [1.54, 1.807) is 29.5 Å². The molecule has 11 heteroatoms. The van der Waals surface area contributed by atoms with E-state index in [2.05, 4.69) is 39.2 Å². The summed E-state index contributed by atoms with van der Waals surface area (Å²) in [5.41, 5.74) is 2.30. The van der Waals surface area contributed by atoms with E-state index >= 15 is 0 Å². The number of urea groups is 1. The molecule has 0 bridgehead atoms. The van der Waals surface area contributed by atoms with Crippen molar-refractivity contribution in [2.75, 3.05) is 10.2 Å². The molecule has 0 radical (unpaired) electrons. The summed E-state index contributed by atoms with van der Waals surface area (Å²) in [6.07, 6.45) is 4.26. The van der Waals surface area contributed by atoms with Gasteiger partial charge < -0.3 is 15.4 Å². The molecule has 1 aliphatic carbocycles. The zero-order valence-corrected chi connectivity index (χ0v) is 22.3. The molecule has 2 heterocycles. The lowest BCUT2D eigenvalue weighted by Crippen LogP contribution is -2.48. The van der Waals surface area contributed by atoms with Crippen molar-refractivity contribution in [3.05, 3.63) is 64.2 Å². The Morgan fingerprint density at radius 1 is 1.11 bits per heavy atom. The van der Waals surface area contributed by atoms with Crippen molar-refractivity contribution in [3.63, 3.8) is 0 Å². The number of carbonyl (C=O) groups excluding carboxylic acids is 2. The van der Waals surface area contributed by atoms with Crippen LogP contribution < -0.4 is 20.3 Å². The third-order valence-corrected chi connectivity index (χ3v) is 7.27. The Labute approximate surface area is 224 Å². The van der Waals surface area contributed by atoms with Crippen LogP contribution in [0.5, 0.6) is 5.88 Å². The van der Waals surface area contributed by atoms with Crippen LogP contribution in [-0.2, 0) is 0 Å². The maximum atomic E-state index is 13.8. The second-order valence-corrected chi connectivity index (χ2v) is 10.4. The highest BCUT2D eigenvalue weighted by molar-refractivity contribution is 7.11. The van der Waals surface area contributed by atoms with Gasteiger partial charge in [-0.15, -0.1) is 11.3 Å². The average molecular weight is 544 g/mol. The largest absolute Gasteiger partial charge is 0.415 e. The lowest BCUT2D eigenvalue weighted by atomic mass is 9.89. The highest BCUT2D eigenvalue weighted by Gasteiger charge is 2.33. The van der Waals surface area contributed by atoms with E-state index in [1.807, 2.05) is 24.3 Å². The second kappa shape index (κ2) is 12.3. The number of pyridine rings is 1. The van der Waals surface area contributed by atoms with Crippen molar-refractivity contribution >= 4 is 34.6 Å². The van der Waals surface area contributed by atoms with Gasteiger partial charge in [0.25, 0.3) is 5.91 Å². The fourth-order valence-electron chi connectivity index (χ4n) is 4.71. The molecule has 0 unspecified atom stereocenters. The zero-order valence-electron chi connectivity index (χ0n) is 21.5. The standard InChI is InChI=1S/C27H31F2N5O3S/c1-16(2)20-6-4-5-7-22(20)34(27(36)33-21-13-8-17(3)31-24(21)37-26(28)29)19-11-9-18(10-12-19)32-23(35)25-30-14-15-38-25/h4-8,13-16,18-19,26H,9-12H2,1-3H3,(H,32,35)(H,33,36). The molecule has 202 valence electrons. The van der Waals surface area contributed by atoms with Crippen molar-refractivity contribution in [1.82, 2.24) is 15.3 Å². The van der Waals surface area contributed by atoms with E-state index in [0.29, 0.717) is 36.4 Å². The number of para-hydroxylation sites is 1. The van der Waals surface area contributed by atoms with E-state index in [9.17, 15) is 18.4 Å². The first-order valence-electron chi connectivity index (χ1n) is 12.5. The van der Waals surface area contributed by atoms with Crippen molar-refractivity contribution in [2.45, 2.75) is 71.1 Å². The van der Waals surface area contributed by atoms with E-state index < -0.39 is 12.6 Å². The van der Waals surface area contributed by atoms with Gasteiger partial charge in [0.2, 0.25) is 5.88 Å². The Hall–Kier alpha value is -3.60. The molecule has 4 rings (SSSR count). The number of anilines is 2. The summed E-state index contributed by atoms with van der Waals surface area (Å²) >= 11 is 1.29. The third kappa shape index (κ3) is 6.63. The number of nitrogens with one attached hydrogen (secondary N) is 2. The van der Waals surface area contributed by atoms with Crippen LogP contribution >= 0.6 is 11.3 Å². The average Bonchev–Trinajstić information content (AvgIpc) is 3.42. The second-order valence-electron chi connectivity index (χ2n) is 9.51. The van der Waals surface area contributed by atoms with Crippen LogP contribution in [0.1, 0.15) is 66.5 Å². The summed E-state index contributed by atoms with van der Waals surface area (Å²) < 4.78 is 30.6. The molecular weight excluding hydrogens is 512 g/mol. The molecule has 0 saturated heterocycles. The van der Waals surface area contributed by atoms with E-state index in [0.717, 1.165) is 11.3 Å². The van der Waals surface area contributed by atoms with Crippen LogP contribution in [-0.4, -0.2) is 40.6 Å². The molecule has 1 saturated carbocycles. The fraction of sp³-hybridized carbons (Fsp3) is 0.407. The maximum absolute atomic E-state index is 13.8. The van der Waals surface area contributed by atoms with Crippen LogP contribution in [0.25, 0.3) is 0 Å². The number of benzene rings is 1. The van der Waals surface area contributed by atoms with Gasteiger partial charge in [-0.25, -0.2) is 14.8 Å². The molecule has 1 aliphatic rings. The fourth-order valence-corrected chi connectivity index (χ4v) is 5.24. The number of carbonyl (C=O) groups is 2. The summed E-state index contributed by atoms with van der Waals surface area (Å²) in [6, 6.07) is 10.2. The first-order valence-corrected chi connectivity index (χ1v) is 13.4. The van der Waals surface area contributed by atoms with Crippen LogP contribution in [0, 0.1) is 6.92 Å².